The average Bonchev–Trinajstić information content (AvgIpc) is 1.50. The van der Waals surface area contributed by atoms with Gasteiger partial charge in [-0.3, -0.25) is 0 Å². The van der Waals surface area contributed by atoms with Gasteiger partial charge in [0.25, 0.3) is 0 Å². The molecule has 5 heavy (non-hydrogen) atoms. The third kappa shape index (κ3) is 25.5. The van der Waals surface area contributed by atoms with Crippen LogP contribution in [-0.4, -0.2) is 0 Å². The Morgan fingerprint density at radius 2 is 1.00 bits per heavy atom. The minimum atomic E-state index is 0. The van der Waals surface area contributed by atoms with Crippen molar-refractivity contribution in [1.29, 1.82) is 0 Å². The SMILES string of the molecule is ClCl.[Na+].[O-]Cl. The molecule has 0 aromatic heterocycles. The fourth-order valence-electron chi connectivity index (χ4n) is 0. The average molecular weight is 145 g/mol. The van der Waals surface area contributed by atoms with Crippen molar-refractivity contribution in [2.45, 2.75) is 0 Å². The predicted molar refractivity (Wildman–Crippen MR) is 17.6 cm³/mol. The molecule has 0 saturated heterocycles. The van der Waals surface area contributed by atoms with Crippen LogP contribution >= 0.6 is 33.6 Å². The van der Waals surface area contributed by atoms with Gasteiger partial charge in [-0.25, -0.2) is 11.9 Å². The van der Waals surface area contributed by atoms with Crippen molar-refractivity contribution in [3.8, 4) is 0 Å². The summed E-state index contributed by atoms with van der Waals surface area (Å²) >= 11 is 3.39. The maximum atomic E-state index is 7.72. The van der Waals surface area contributed by atoms with E-state index < -0.39 is 0 Å². The van der Waals surface area contributed by atoms with Crippen LogP contribution in [0, 0.1) is 0 Å². The van der Waals surface area contributed by atoms with Crippen molar-refractivity contribution in [3.63, 3.8) is 0 Å². The van der Waals surface area contributed by atoms with Crippen LogP contribution in [0.2, 0.25) is 0 Å². The number of hydrogen-bond donors (Lipinski definition) is 0. The van der Waals surface area contributed by atoms with Gasteiger partial charge in [-0.05, 0) is 0 Å². The van der Waals surface area contributed by atoms with Crippen molar-refractivity contribution in [2.75, 3.05) is 0 Å². The summed E-state index contributed by atoms with van der Waals surface area (Å²) < 4.78 is 7.72. The maximum Gasteiger partial charge on any atom is 1.00 e. The first kappa shape index (κ1) is 15.8. The molecular formula is Cl3NaO. The van der Waals surface area contributed by atoms with Crippen molar-refractivity contribution in [3.05, 3.63) is 0 Å². The molecule has 0 aliphatic carbocycles. The van der Waals surface area contributed by atoms with Crippen LogP contribution in [0.15, 0.2) is 0 Å². The normalized spacial score (nSPS) is 2.40. The molecular weight excluding hydrogens is 145 g/mol. The van der Waals surface area contributed by atoms with Gasteiger partial charge >= 0.3 is 29.6 Å². The minimum Gasteiger partial charge on any atom is -0.769 e. The van der Waals surface area contributed by atoms with Crippen LogP contribution in [0.1, 0.15) is 0 Å². The van der Waals surface area contributed by atoms with E-state index in [4.69, 9.17) is 4.66 Å². The molecule has 0 spiro atoms. The Hall–Kier alpha value is 1.83. The first-order valence-corrected chi connectivity index (χ1v) is 1.75. The molecule has 0 N–H and O–H groups in total. The van der Waals surface area contributed by atoms with Gasteiger partial charge < -0.3 is 4.66 Å². The van der Waals surface area contributed by atoms with E-state index >= 15 is 0 Å². The van der Waals surface area contributed by atoms with Gasteiger partial charge in [0, 0.05) is 21.7 Å². The van der Waals surface area contributed by atoms with Gasteiger partial charge in [-0.2, -0.15) is 0 Å². The first-order chi connectivity index (χ1) is 2.00. The summed E-state index contributed by atoms with van der Waals surface area (Å²) in [5, 5.41) is 0. The Morgan fingerprint density at radius 1 is 1.00 bits per heavy atom. The summed E-state index contributed by atoms with van der Waals surface area (Å²) in [4.78, 5) is 0. The molecule has 0 rings (SSSR count). The molecule has 0 unspecified atom stereocenters. The largest absolute Gasteiger partial charge is 1.00 e. The van der Waals surface area contributed by atoms with Gasteiger partial charge in [-0.1, -0.05) is 0 Å². The molecule has 0 fully saturated rings. The second-order valence-electron chi connectivity index (χ2n) is 0. The Balaban J connectivity index is -0.0000000133. The van der Waals surface area contributed by atoms with Gasteiger partial charge in [0.1, 0.15) is 0 Å². The van der Waals surface area contributed by atoms with Gasteiger partial charge in [-0.15, -0.1) is 0 Å². The van der Waals surface area contributed by atoms with Crippen LogP contribution < -0.4 is 34.2 Å². The molecule has 0 amide bonds. The summed E-state index contributed by atoms with van der Waals surface area (Å²) in [6, 6.07) is 0. The van der Waals surface area contributed by atoms with E-state index in [0.717, 1.165) is 0 Å². The molecule has 0 atom stereocenters. The number of hydrogen-bond acceptors (Lipinski definition) is 1. The zero-order valence-corrected chi connectivity index (χ0v) is 6.81. The smallest absolute Gasteiger partial charge is 0.769 e. The zero-order valence-electron chi connectivity index (χ0n) is 2.54. The molecule has 5 heteroatoms. The van der Waals surface area contributed by atoms with Gasteiger partial charge in [0.05, 0.1) is 0 Å². The standard InChI is InChI=1S/Cl2.ClO.Na/c2*1-2;/q;-1;+1. The second kappa shape index (κ2) is 40.6. The van der Waals surface area contributed by atoms with Crippen LogP contribution in [-0.2, 0) is 0 Å². The molecule has 0 radical (unpaired) electrons. The number of rotatable bonds is 0. The Morgan fingerprint density at radius 3 is 1.00 bits per heavy atom. The number of halogens is 3. The van der Waals surface area contributed by atoms with Crippen molar-refractivity contribution < 1.29 is 34.2 Å². The van der Waals surface area contributed by atoms with E-state index in [1.54, 1.807) is 0 Å². The molecule has 0 heterocycles. The second-order valence-corrected chi connectivity index (χ2v) is 0. The van der Waals surface area contributed by atoms with E-state index in [9.17, 15) is 0 Å². The molecule has 0 aromatic rings. The van der Waals surface area contributed by atoms with Crippen LogP contribution in [0.25, 0.3) is 0 Å². The quantitative estimate of drug-likeness (QED) is 0.358. The van der Waals surface area contributed by atoms with E-state index in [1.165, 1.54) is 0 Å². The van der Waals surface area contributed by atoms with Crippen LogP contribution in [0.4, 0.5) is 0 Å². The molecule has 28 valence electrons. The van der Waals surface area contributed by atoms with E-state index in [0.29, 0.717) is 0 Å². The van der Waals surface area contributed by atoms with E-state index in [2.05, 4.69) is 33.6 Å². The maximum absolute atomic E-state index is 7.72. The predicted octanol–water partition coefficient (Wildman–Crippen LogP) is -2.12. The topological polar surface area (TPSA) is 23.1 Å². The van der Waals surface area contributed by atoms with Gasteiger partial charge in [0.15, 0.2) is 0 Å². The first-order valence-electron chi connectivity index (χ1n) is 0.297. The molecule has 0 aromatic carbocycles. The molecule has 0 aliphatic heterocycles. The van der Waals surface area contributed by atoms with Crippen LogP contribution in [0.5, 0.6) is 0 Å². The Kier molecular flexibility index (Phi) is 129. The Labute approximate surface area is 67.3 Å². The third-order valence-electron chi connectivity index (χ3n) is 0. The molecule has 0 bridgehead atoms. The summed E-state index contributed by atoms with van der Waals surface area (Å²) in [5.74, 6) is 0. The molecule has 0 aliphatic rings. The van der Waals surface area contributed by atoms with Gasteiger partial charge in [0.2, 0.25) is 0 Å². The van der Waals surface area contributed by atoms with E-state index in [-0.39, 0.29) is 29.6 Å². The summed E-state index contributed by atoms with van der Waals surface area (Å²) in [7, 11) is 8.22. The summed E-state index contributed by atoms with van der Waals surface area (Å²) in [5.41, 5.74) is 0. The monoisotopic (exact) mass is 144 g/mol. The van der Waals surface area contributed by atoms with Crippen molar-refractivity contribution in [2.24, 2.45) is 0 Å². The minimum absolute atomic E-state index is 0. The molecule has 1 nitrogen and oxygen atoms in total. The summed E-state index contributed by atoms with van der Waals surface area (Å²) in [6.07, 6.45) is 0. The molecule has 0 saturated carbocycles. The van der Waals surface area contributed by atoms with Crippen molar-refractivity contribution in [1.82, 2.24) is 0 Å². The third-order valence-corrected chi connectivity index (χ3v) is 0. The fraction of sp³-hybridized carbons (Fsp3) is 0. The van der Waals surface area contributed by atoms with E-state index in [1.807, 2.05) is 0 Å². The fourth-order valence-corrected chi connectivity index (χ4v) is 0. The van der Waals surface area contributed by atoms with Crippen LogP contribution in [0.3, 0.4) is 0 Å². The Bertz CT molecular complexity index is 6.85. The van der Waals surface area contributed by atoms with Crippen molar-refractivity contribution >= 4 is 33.6 Å². The zero-order chi connectivity index (χ0) is 4.00. The summed E-state index contributed by atoms with van der Waals surface area (Å²) in [6.45, 7) is 0.